The quantitative estimate of drug-likeness (QED) is 0.925. The lowest BCUT2D eigenvalue weighted by Gasteiger charge is -2.20. The number of nitrogens with zero attached hydrogens (tertiary/aromatic N) is 1. The van der Waals surface area contributed by atoms with E-state index >= 15 is 0 Å². The van der Waals surface area contributed by atoms with Gasteiger partial charge in [-0.15, -0.1) is 0 Å². The standard InChI is InChI=1S/C16H20F2N2O/c17-16(18)9-14(19-11-16)15(21)20-7-6-13(10-20)8-12-4-2-1-3-5-12/h1-5,13-14,19H,6-11H2. The number of nitrogens with one attached hydrogen (secondary N) is 1. The van der Waals surface area contributed by atoms with Crippen LogP contribution in [0, 0.1) is 5.92 Å². The highest BCUT2D eigenvalue weighted by atomic mass is 19.3. The van der Waals surface area contributed by atoms with Gasteiger partial charge in [-0.1, -0.05) is 30.3 Å². The fourth-order valence-corrected chi connectivity index (χ4v) is 3.26. The van der Waals surface area contributed by atoms with Gasteiger partial charge >= 0.3 is 0 Å². The van der Waals surface area contributed by atoms with E-state index in [1.54, 1.807) is 4.90 Å². The van der Waals surface area contributed by atoms with Gasteiger partial charge in [0.1, 0.15) is 0 Å². The molecule has 2 unspecified atom stereocenters. The molecule has 1 aromatic rings. The Hall–Kier alpha value is -1.49. The second-order valence-corrected chi connectivity index (χ2v) is 6.12. The van der Waals surface area contributed by atoms with E-state index in [-0.39, 0.29) is 18.9 Å². The highest BCUT2D eigenvalue weighted by Gasteiger charge is 2.44. The number of rotatable bonds is 3. The van der Waals surface area contributed by atoms with E-state index in [4.69, 9.17) is 0 Å². The summed E-state index contributed by atoms with van der Waals surface area (Å²) in [5, 5.41) is 2.65. The van der Waals surface area contributed by atoms with Crippen LogP contribution < -0.4 is 5.32 Å². The summed E-state index contributed by atoms with van der Waals surface area (Å²) in [4.78, 5) is 14.0. The van der Waals surface area contributed by atoms with Crippen molar-refractivity contribution in [1.29, 1.82) is 0 Å². The molecule has 3 nitrogen and oxygen atoms in total. The van der Waals surface area contributed by atoms with Crippen molar-refractivity contribution in [3.8, 4) is 0 Å². The molecule has 1 N–H and O–H groups in total. The largest absolute Gasteiger partial charge is 0.341 e. The molecule has 0 aliphatic carbocycles. The molecule has 0 spiro atoms. The average molecular weight is 294 g/mol. The summed E-state index contributed by atoms with van der Waals surface area (Å²) < 4.78 is 26.3. The van der Waals surface area contributed by atoms with Crippen molar-refractivity contribution in [3.05, 3.63) is 35.9 Å². The van der Waals surface area contributed by atoms with Crippen molar-refractivity contribution in [2.24, 2.45) is 5.92 Å². The van der Waals surface area contributed by atoms with Gasteiger partial charge in [-0.3, -0.25) is 10.1 Å². The molecular weight excluding hydrogens is 274 g/mol. The topological polar surface area (TPSA) is 32.3 Å². The van der Waals surface area contributed by atoms with Crippen LogP contribution in [0.1, 0.15) is 18.4 Å². The molecule has 0 bridgehead atoms. The van der Waals surface area contributed by atoms with E-state index in [1.807, 2.05) is 18.2 Å². The van der Waals surface area contributed by atoms with Crippen LogP contribution >= 0.6 is 0 Å². The predicted octanol–water partition coefficient (Wildman–Crippen LogP) is 2.07. The highest BCUT2D eigenvalue weighted by molar-refractivity contribution is 5.82. The molecule has 2 saturated heterocycles. The Bertz CT molecular complexity index is 506. The number of likely N-dealkylation sites (tertiary alicyclic amines) is 1. The highest BCUT2D eigenvalue weighted by Crippen LogP contribution is 2.28. The van der Waals surface area contributed by atoms with E-state index in [0.717, 1.165) is 12.8 Å². The zero-order valence-corrected chi connectivity index (χ0v) is 11.9. The minimum absolute atomic E-state index is 0.164. The SMILES string of the molecule is O=C(C1CC(F)(F)CN1)N1CCC(Cc2ccccc2)C1. The summed E-state index contributed by atoms with van der Waals surface area (Å²) in [5.74, 6) is -2.48. The lowest BCUT2D eigenvalue weighted by atomic mass is 9.99. The van der Waals surface area contributed by atoms with Crippen molar-refractivity contribution >= 4 is 5.91 Å². The van der Waals surface area contributed by atoms with Gasteiger partial charge in [-0.25, -0.2) is 8.78 Å². The van der Waals surface area contributed by atoms with E-state index in [9.17, 15) is 13.6 Å². The minimum atomic E-state index is -2.75. The summed E-state index contributed by atoms with van der Waals surface area (Å²) in [5.41, 5.74) is 1.27. The first-order chi connectivity index (χ1) is 10.0. The number of amides is 1. The summed E-state index contributed by atoms with van der Waals surface area (Å²) in [6.07, 6.45) is 1.52. The Labute approximate surface area is 123 Å². The first-order valence-electron chi connectivity index (χ1n) is 7.47. The lowest BCUT2D eigenvalue weighted by Crippen LogP contribution is -2.42. The zero-order chi connectivity index (χ0) is 14.9. The monoisotopic (exact) mass is 294 g/mol. The maximum Gasteiger partial charge on any atom is 0.262 e. The molecule has 0 radical (unpaired) electrons. The number of carbonyl (C=O) groups excluding carboxylic acids is 1. The molecule has 5 heteroatoms. The van der Waals surface area contributed by atoms with Crippen LogP contribution in [-0.2, 0) is 11.2 Å². The normalized spacial score (nSPS) is 28.0. The van der Waals surface area contributed by atoms with Gasteiger partial charge in [0.2, 0.25) is 5.91 Å². The summed E-state index contributed by atoms with van der Waals surface area (Å²) in [6, 6.07) is 9.47. The van der Waals surface area contributed by atoms with E-state index in [0.29, 0.717) is 19.0 Å². The smallest absolute Gasteiger partial charge is 0.262 e. The lowest BCUT2D eigenvalue weighted by molar-refractivity contribution is -0.132. The van der Waals surface area contributed by atoms with Gasteiger partial charge in [-0.2, -0.15) is 0 Å². The van der Waals surface area contributed by atoms with Crippen LogP contribution in [0.25, 0.3) is 0 Å². The molecule has 0 aromatic heterocycles. The molecular formula is C16H20F2N2O. The van der Waals surface area contributed by atoms with Gasteiger partial charge < -0.3 is 4.90 Å². The molecule has 3 rings (SSSR count). The van der Waals surface area contributed by atoms with Crippen molar-refractivity contribution in [3.63, 3.8) is 0 Å². The Morgan fingerprint density at radius 1 is 1.33 bits per heavy atom. The van der Waals surface area contributed by atoms with E-state index in [1.165, 1.54) is 5.56 Å². The number of hydrogen-bond acceptors (Lipinski definition) is 2. The molecule has 2 aliphatic heterocycles. The first kappa shape index (κ1) is 14.4. The number of halogens is 2. The van der Waals surface area contributed by atoms with Crippen LogP contribution in [0.2, 0.25) is 0 Å². The van der Waals surface area contributed by atoms with Gasteiger partial charge in [0, 0.05) is 19.5 Å². The second kappa shape index (κ2) is 5.72. The molecule has 21 heavy (non-hydrogen) atoms. The zero-order valence-electron chi connectivity index (χ0n) is 11.9. The van der Waals surface area contributed by atoms with E-state index < -0.39 is 12.0 Å². The van der Waals surface area contributed by atoms with Gasteiger partial charge in [-0.05, 0) is 24.3 Å². The maximum atomic E-state index is 13.2. The van der Waals surface area contributed by atoms with Crippen molar-refractivity contribution < 1.29 is 13.6 Å². The Balaban J connectivity index is 1.54. The van der Waals surface area contributed by atoms with Crippen LogP contribution in [-0.4, -0.2) is 42.4 Å². The molecule has 0 saturated carbocycles. The molecule has 114 valence electrons. The second-order valence-electron chi connectivity index (χ2n) is 6.12. The third kappa shape index (κ3) is 3.40. The molecule has 2 atom stereocenters. The molecule has 2 fully saturated rings. The predicted molar refractivity (Wildman–Crippen MR) is 76.2 cm³/mol. The average Bonchev–Trinajstić information content (AvgIpc) is 3.06. The third-order valence-electron chi connectivity index (χ3n) is 4.37. The number of alkyl halides is 2. The maximum absolute atomic E-state index is 13.2. The summed E-state index contributed by atoms with van der Waals surface area (Å²) in [6.45, 7) is 0.974. The van der Waals surface area contributed by atoms with Crippen molar-refractivity contribution in [1.82, 2.24) is 10.2 Å². The number of benzene rings is 1. The van der Waals surface area contributed by atoms with Crippen LogP contribution in [0.3, 0.4) is 0 Å². The van der Waals surface area contributed by atoms with Crippen LogP contribution in [0.15, 0.2) is 30.3 Å². The van der Waals surface area contributed by atoms with Gasteiger partial charge in [0.15, 0.2) is 0 Å². The first-order valence-corrected chi connectivity index (χ1v) is 7.47. The molecule has 2 heterocycles. The summed E-state index contributed by atoms with van der Waals surface area (Å²) >= 11 is 0. The van der Waals surface area contributed by atoms with Crippen LogP contribution in [0.5, 0.6) is 0 Å². The molecule has 1 amide bonds. The fraction of sp³-hybridized carbons (Fsp3) is 0.562. The van der Waals surface area contributed by atoms with E-state index in [2.05, 4.69) is 17.4 Å². The summed E-state index contributed by atoms with van der Waals surface area (Å²) in [7, 11) is 0. The van der Waals surface area contributed by atoms with Crippen molar-refractivity contribution in [2.45, 2.75) is 31.2 Å². The van der Waals surface area contributed by atoms with Crippen molar-refractivity contribution in [2.75, 3.05) is 19.6 Å². The fourth-order valence-electron chi connectivity index (χ4n) is 3.26. The number of hydrogen-bond donors (Lipinski definition) is 1. The number of carbonyl (C=O) groups is 1. The Kier molecular flexibility index (Phi) is 3.93. The Morgan fingerprint density at radius 3 is 2.76 bits per heavy atom. The van der Waals surface area contributed by atoms with Crippen LogP contribution in [0.4, 0.5) is 8.78 Å². The molecule has 1 aromatic carbocycles. The molecule has 2 aliphatic rings. The Morgan fingerprint density at radius 2 is 2.10 bits per heavy atom. The van der Waals surface area contributed by atoms with Gasteiger partial charge in [0.25, 0.3) is 5.92 Å². The minimum Gasteiger partial charge on any atom is -0.341 e. The third-order valence-corrected chi connectivity index (χ3v) is 4.37. The van der Waals surface area contributed by atoms with Gasteiger partial charge in [0.05, 0.1) is 12.6 Å².